The molecule has 0 radical (unpaired) electrons. The van der Waals surface area contributed by atoms with Crippen molar-refractivity contribution in [2.45, 2.75) is 63.7 Å². The lowest BCUT2D eigenvalue weighted by molar-refractivity contribution is 0.0726. The molecule has 2 aromatic carbocycles. The Hall–Kier alpha value is -2.96. The van der Waals surface area contributed by atoms with Crippen LogP contribution in [-0.2, 0) is 39.4 Å². The molecule has 1 fully saturated rings. The number of aromatic nitrogens is 2. The van der Waals surface area contributed by atoms with Gasteiger partial charge in [0.1, 0.15) is 0 Å². The van der Waals surface area contributed by atoms with E-state index in [-0.39, 0.29) is 5.91 Å². The van der Waals surface area contributed by atoms with Gasteiger partial charge in [0.15, 0.2) is 5.69 Å². The number of aryl methyl sites for hydroxylation is 1. The smallest absolute Gasteiger partial charge is 0.274 e. The van der Waals surface area contributed by atoms with E-state index in [0.29, 0.717) is 24.3 Å². The Morgan fingerprint density at radius 2 is 1.67 bits per heavy atom. The number of hydrogen-bond acceptors (Lipinski definition) is 4. The van der Waals surface area contributed by atoms with Crippen LogP contribution in [0, 0.1) is 0 Å². The molecule has 1 amide bonds. The molecule has 1 unspecified atom stereocenters. The van der Waals surface area contributed by atoms with Gasteiger partial charge in [-0.05, 0) is 68.3 Å². The van der Waals surface area contributed by atoms with E-state index in [2.05, 4.69) is 64.8 Å². The van der Waals surface area contributed by atoms with E-state index in [9.17, 15) is 4.79 Å². The Balaban J connectivity index is 1.08. The number of rotatable bonds is 5. The van der Waals surface area contributed by atoms with Crippen molar-refractivity contribution in [3.63, 3.8) is 0 Å². The lowest BCUT2D eigenvalue weighted by Crippen LogP contribution is -2.47. The van der Waals surface area contributed by atoms with Crippen LogP contribution in [0.25, 0.3) is 0 Å². The largest absolute Gasteiger partial charge is 0.333 e. The van der Waals surface area contributed by atoms with Crippen LogP contribution >= 0.6 is 0 Å². The normalized spacial score (nSPS) is 20.7. The molecule has 6 nitrogen and oxygen atoms in total. The van der Waals surface area contributed by atoms with Crippen LogP contribution in [0.4, 0.5) is 0 Å². The zero-order valence-electron chi connectivity index (χ0n) is 21.3. The van der Waals surface area contributed by atoms with Crippen LogP contribution in [0.5, 0.6) is 0 Å². The molecule has 1 atom stereocenters. The van der Waals surface area contributed by atoms with Crippen LogP contribution in [0.1, 0.15) is 57.7 Å². The van der Waals surface area contributed by atoms with Crippen molar-refractivity contribution in [2.75, 3.05) is 19.6 Å². The molecular formula is C30H37N5O. The van der Waals surface area contributed by atoms with E-state index in [1.807, 2.05) is 16.6 Å². The Kier molecular flexibility index (Phi) is 6.63. The van der Waals surface area contributed by atoms with Crippen molar-refractivity contribution >= 4 is 5.91 Å². The van der Waals surface area contributed by atoms with Gasteiger partial charge in [0, 0.05) is 50.0 Å². The predicted octanol–water partition coefficient (Wildman–Crippen LogP) is 3.73. The molecule has 0 saturated carbocycles. The molecule has 1 aromatic heterocycles. The van der Waals surface area contributed by atoms with Gasteiger partial charge in [-0.1, -0.05) is 54.6 Å². The molecule has 2 aliphatic heterocycles. The maximum Gasteiger partial charge on any atom is 0.274 e. The molecule has 6 heteroatoms. The summed E-state index contributed by atoms with van der Waals surface area (Å²) in [6.45, 7) is 4.77. The zero-order valence-corrected chi connectivity index (χ0v) is 21.3. The summed E-state index contributed by atoms with van der Waals surface area (Å²) in [5, 5.41) is 8.71. The first-order chi connectivity index (χ1) is 17.6. The third kappa shape index (κ3) is 4.84. The van der Waals surface area contributed by atoms with Gasteiger partial charge in [-0.25, -0.2) is 0 Å². The average Bonchev–Trinajstić information content (AvgIpc) is 3.25. The number of hydrogen-bond donors (Lipinski definition) is 1. The van der Waals surface area contributed by atoms with Crippen molar-refractivity contribution in [3.8, 4) is 0 Å². The summed E-state index contributed by atoms with van der Waals surface area (Å²) in [5.41, 5.74) is 7.12. The Bertz CT molecular complexity index is 1210. The minimum absolute atomic E-state index is 0.0937. The van der Waals surface area contributed by atoms with Crippen molar-refractivity contribution in [3.05, 3.63) is 88.2 Å². The maximum atomic E-state index is 13.6. The van der Waals surface area contributed by atoms with E-state index < -0.39 is 0 Å². The average molecular weight is 484 g/mol. The Labute approximate surface area is 214 Å². The fourth-order valence-electron chi connectivity index (χ4n) is 6.35. The molecule has 0 spiro atoms. The van der Waals surface area contributed by atoms with E-state index in [4.69, 9.17) is 5.10 Å². The van der Waals surface area contributed by atoms with Gasteiger partial charge in [0.2, 0.25) is 0 Å². The summed E-state index contributed by atoms with van der Waals surface area (Å²) in [7, 11) is 2.00. The SMILES string of the molecule is Cn1nc(C(=O)N2CCc3ccccc3C2)c2c1CCC(NC1CCN(Cc3ccccc3)CC1)C2. The first-order valence-corrected chi connectivity index (χ1v) is 13.6. The number of benzene rings is 2. The van der Waals surface area contributed by atoms with Gasteiger partial charge in [-0.3, -0.25) is 14.4 Å². The number of carbonyl (C=O) groups excluding carboxylic acids is 1. The molecule has 1 aliphatic carbocycles. The highest BCUT2D eigenvalue weighted by Crippen LogP contribution is 2.28. The third-order valence-electron chi connectivity index (χ3n) is 8.38. The first kappa shape index (κ1) is 23.4. The lowest BCUT2D eigenvalue weighted by atomic mass is 9.89. The summed E-state index contributed by atoms with van der Waals surface area (Å²) in [4.78, 5) is 18.2. The van der Waals surface area contributed by atoms with E-state index in [1.54, 1.807) is 0 Å². The van der Waals surface area contributed by atoms with Crippen LogP contribution in [-0.4, -0.2) is 57.2 Å². The molecule has 36 heavy (non-hydrogen) atoms. The fraction of sp³-hybridized carbons (Fsp3) is 0.467. The van der Waals surface area contributed by atoms with Gasteiger partial charge in [-0.2, -0.15) is 5.10 Å². The zero-order chi connectivity index (χ0) is 24.5. The van der Waals surface area contributed by atoms with E-state index in [0.717, 1.165) is 51.9 Å². The first-order valence-electron chi connectivity index (χ1n) is 13.6. The summed E-state index contributed by atoms with van der Waals surface area (Å²) in [6.07, 6.45) is 6.29. The molecule has 6 rings (SSSR count). The summed E-state index contributed by atoms with van der Waals surface area (Å²) in [6, 6.07) is 20.2. The molecular weight excluding hydrogens is 446 g/mol. The monoisotopic (exact) mass is 483 g/mol. The van der Waals surface area contributed by atoms with Gasteiger partial charge in [0.05, 0.1) is 0 Å². The van der Waals surface area contributed by atoms with E-state index in [1.165, 1.54) is 40.8 Å². The summed E-state index contributed by atoms with van der Waals surface area (Å²) >= 11 is 0. The minimum Gasteiger partial charge on any atom is -0.333 e. The lowest BCUT2D eigenvalue weighted by Gasteiger charge is -2.36. The summed E-state index contributed by atoms with van der Waals surface area (Å²) < 4.78 is 1.96. The van der Waals surface area contributed by atoms with Crippen molar-refractivity contribution in [1.29, 1.82) is 0 Å². The van der Waals surface area contributed by atoms with Crippen molar-refractivity contribution in [2.24, 2.45) is 7.05 Å². The van der Waals surface area contributed by atoms with Gasteiger partial charge >= 0.3 is 0 Å². The topological polar surface area (TPSA) is 53.4 Å². The molecule has 188 valence electrons. The maximum absolute atomic E-state index is 13.6. The number of piperidine rings is 1. The number of nitrogens with zero attached hydrogens (tertiary/aromatic N) is 4. The third-order valence-corrected chi connectivity index (χ3v) is 8.38. The fourth-order valence-corrected chi connectivity index (χ4v) is 6.35. The highest BCUT2D eigenvalue weighted by molar-refractivity contribution is 5.94. The second kappa shape index (κ2) is 10.2. The highest BCUT2D eigenvalue weighted by atomic mass is 16.2. The number of carbonyl (C=O) groups is 1. The van der Waals surface area contributed by atoms with Crippen molar-refractivity contribution in [1.82, 2.24) is 24.9 Å². The predicted molar refractivity (Wildman–Crippen MR) is 142 cm³/mol. The quantitative estimate of drug-likeness (QED) is 0.601. The standard InChI is InChI=1S/C30H37N5O/c1-33-28-12-11-26(31-25-14-16-34(17-15-25)20-22-7-3-2-4-8-22)19-27(28)29(32-33)30(36)35-18-13-23-9-5-6-10-24(23)21-35/h2-10,25-26,31H,11-21H2,1H3. The number of fused-ring (bicyclic) bond motifs is 2. The van der Waals surface area contributed by atoms with Crippen LogP contribution in [0.2, 0.25) is 0 Å². The second-order valence-electron chi connectivity index (χ2n) is 10.8. The van der Waals surface area contributed by atoms with Gasteiger partial charge in [-0.15, -0.1) is 0 Å². The van der Waals surface area contributed by atoms with Gasteiger partial charge < -0.3 is 10.2 Å². The minimum atomic E-state index is 0.0937. The molecule has 0 bridgehead atoms. The Morgan fingerprint density at radius 3 is 2.47 bits per heavy atom. The van der Waals surface area contributed by atoms with Crippen LogP contribution in [0.3, 0.4) is 0 Å². The molecule has 1 N–H and O–H groups in total. The molecule has 3 aromatic rings. The van der Waals surface area contributed by atoms with E-state index >= 15 is 0 Å². The number of nitrogens with one attached hydrogen (secondary N) is 1. The molecule has 1 saturated heterocycles. The van der Waals surface area contributed by atoms with Crippen LogP contribution < -0.4 is 5.32 Å². The highest BCUT2D eigenvalue weighted by Gasteiger charge is 2.32. The second-order valence-corrected chi connectivity index (χ2v) is 10.8. The molecule has 3 aliphatic rings. The number of likely N-dealkylation sites (tertiary alicyclic amines) is 1. The Morgan fingerprint density at radius 1 is 0.917 bits per heavy atom. The van der Waals surface area contributed by atoms with Crippen molar-refractivity contribution < 1.29 is 4.79 Å². The summed E-state index contributed by atoms with van der Waals surface area (Å²) in [5.74, 6) is 0.0937. The van der Waals surface area contributed by atoms with Crippen LogP contribution in [0.15, 0.2) is 54.6 Å². The van der Waals surface area contributed by atoms with Gasteiger partial charge in [0.25, 0.3) is 5.91 Å². The number of amides is 1. The molecule has 3 heterocycles.